The predicted octanol–water partition coefficient (Wildman–Crippen LogP) is 2.09. The van der Waals surface area contributed by atoms with Crippen LogP contribution in [-0.2, 0) is 9.53 Å². The Morgan fingerprint density at radius 2 is 2.18 bits per heavy atom. The summed E-state index contributed by atoms with van der Waals surface area (Å²) in [5.41, 5.74) is 0. The van der Waals surface area contributed by atoms with Gasteiger partial charge in [0.1, 0.15) is 0 Å². The highest BCUT2D eigenvalue weighted by molar-refractivity contribution is 6.28. The molecule has 0 aliphatic rings. The van der Waals surface area contributed by atoms with Gasteiger partial charge in [0.25, 0.3) is 0 Å². The summed E-state index contributed by atoms with van der Waals surface area (Å²) in [7, 11) is 0. The van der Waals surface area contributed by atoms with Gasteiger partial charge < -0.3 is 4.74 Å². The summed E-state index contributed by atoms with van der Waals surface area (Å²) in [6, 6.07) is 0. The van der Waals surface area contributed by atoms with E-state index in [-0.39, 0.29) is 5.38 Å². The van der Waals surface area contributed by atoms with Crippen molar-refractivity contribution < 1.29 is 9.53 Å². The van der Waals surface area contributed by atoms with E-state index >= 15 is 0 Å². The van der Waals surface area contributed by atoms with Crippen molar-refractivity contribution in [2.45, 2.75) is 24.6 Å². The van der Waals surface area contributed by atoms with Gasteiger partial charge in [-0.1, -0.05) is 0 Å². The number of alkyl halides is 2. The van der Waals surface area contributed by atoms with Crippen molar-refractivity contribution in [1.29, 1.82) is 0 Å². The lowest BCUT2D eigenvalue weighted by Gasteiger charge is -2.03. The van der Waals surface area contributed by atoms with Crippen LogP contribution in [0.5, 0.6) is 0 Å². The van der Waals surface area contributed by atoms with Crippen molar-refractivity contribution in [1.82, 2.24) is 0 Å². The van der Waals surface area contributed by atoms with E-state index in [1.54, 1.807) is 0 Å². The maximum atomic E-state index is 9.56. The molecule has 4 heteroatoms. The van der Waals surface area contributed by atoms with E-state index in [0.717, 1.165) is 19.3 Å². The van der Waals surface area contributed by atoms with Gasteiger partial charge in [0.15, 0.2) is 0 Å². The Kier molecular flexibility index (Phi) is 8.19. The lowest BCUT2D eigenvalue weighted by molar-refractivity contribution is 0.269. The number of carbonyl (C=O) groups excluding carboxylic acids is 1. The van der Waals surface area contributed by atoms with E-state index in [1.807, 2.05) is 0 Å². The van der Waals surface area contributed by atoms with E-state index in [4.69, 9.17) is 23.2 Å². The molecular weight excluding hydrogens is 187 g/mol. The SMILES string of the molecule is O=[C]OCCCCC(Cl)CCl. The van der Waals surface area contributed by atoms with Crippen molar-refractivity contribution in [3.05, 3.63) is 0 Å². The molecule has 0 amide bonds. The summed E-state index contributed by atoms with van der Waals surface area (Å²) in [6.07, 6.45) is 2.63. The quantitative estimate of drug-likeness (QED) is 0.462. The van der Waals surface area contributed by atoms with Gasteiger partial charge in [0, 0.05) is 11.3 Å². The highest BCUT2D eigenvalue weighted by atomic mass is 35.5. The summed E-state index contributed by atoms with van der Waals surface area (Å²) in [6.45, 7) is 1.79. The van der Waals surface area contributed by atoms with Gasteiger partial charge in [-0.05, 0) is 19.3 Å². The molecule has 1 atom stereocenters. The number of hydrogen-bond acceptors (Lipinski definition) is 2. The largest absolute Gasteiger partial charge is 0.457 e. The van der Waals surface area contributed by atoms with Crippen molar-refractivity contribution in [2.24, 2.45) is 0 Å². The molecule has 0 heterocycles. The fourth-order valence-electron chi connectivity index (χ4n) is 0.659. The van der Waals surface area contributed by atoms with Crippen LogP contribution >= 0.6 is 23.2 Å². The van der Waals surface area contributed by atoms with E-state index in [2.05, 4.69) is 4.74 Å². The molecule has 0 fully saturated rings. The highest BCUT2D eigenvalue weighted by Gasteiger charge is 2.00. The molecule has 0 aromatic carbocycles. The number of hydrogen-bond donors (Lipinski definition) is 0. The first-order valence-corrected chi connectivity index (χ1v) is 4.47. The van der Waals surface area contributed by atoms with Gasteiger partial charge in [-0.25, -0.2) is 4.79 Å². The Morgan fingerprint density at radius 1 is 1.45 bits per heavy atom. The molecule has 0 aliphatic heterocycles. The minimum atomic E-state index is 0.0388. The molecule has 2 nitrogen and oxygen atoms in total. The van der Waals surface area contributed by atoms with Crippen LogP contribution in [0.2, 0.25) is 0 Å². The molecule has 65 valence electrons. The molecule has 0 bridgehead atoms. The molecule has 0 saturated heterocycles. The maximum Gasteiger partial charge on any atom is 0.417 e. The maximum absolute atomic E-state index is 9.56. The Morgan fingerprint density at radius 3 is 2.73 bits per heavy atom. The summed E-state index contributed by atoms with van der Waals surface area (Å²) in [4.78, 5) is 9.56. The number of halogens is 2. The second kappa shape index (κ2) is 8.15. The van der Waals surface area contributed by atoms with E-state index in [1.165, 1.54) is 6.47 Å². The van der Waals surface area contributed by atoms with Crippen LogP contribution in [-0.4, -0.2) is 24.3 Å². The van der Waals surface area contributed by atoms with Gasteiger partial charge in [0.05, 0.1) is 6.61 Å². The van der Waals surface area contributed by atoms with Gasteiger partial charge in [-0.2, -0.15) is 0 Å². The zero-order chi connectivity index (χ0) is 8.53. The first kappa shape index (κ1) is 11.1. The molecular formula is C7H11Cl2O2. The molecule has 0 aromatic rings. The molecule has 0 aliphatic carbocycles. The number of ether oxygens (including phenoxy) is 1. The second-order valence-corrected chi connectivity index (χ2v) is 3.10. The van der Waals surface area contributed by atoms with E-state index in [9.17, 15) is 4.79 Å². The topological polar surface area (TPSA) is 26.3 Å². The van der Waals surface area contributed by atoms with Crippen molar-refractivity contribution in [2.75, 3.05) is 12.5 Å². The monoisotopic (exact) mass is 197 g/mol. The molecule has 0 saturated carbocycles. The molecule has 0 N–H and O–H groups in total. The van der Waals surface area contributed by atoms with Crippen LogP contribution in [0, 0.1) is 0 Å². The molecule has 0 aromatic heterocycles. The van der Waals surface area contributed by atoms with Crippen LogP contribution in [0.1, 0.15) is 19.3 Å². The summed E-state index contributed by atoms with van der Waals surface area (Å²) < 4.78 is 4.37. The third-order valence-corrected chi connectivity index (χ3v) is 2.14. The van der Waals surface area contributed by atoms with E-state index in [0.29, 0.717) is 12.5 Å². The lowest BCUT2D eigenvalue weighted by Crippen LogP contribution is -2.00. The smallest absolute Gasteiger partial charge is 0.417 e. The van der Waals surface area contributed by atoms with Crippen molar-refractivity contribution in [3.63, 3.8) is 0 Å². The Bertz CT molecular complexity index is 98.4. The zero-order valence-electron chi connectivity index (χ0n) is 6.19. The van der Waals surface area contributed by atoms with Crippen LogP contribution in [0.15, 0.2) is 0 Å². The Labute approximate surface area is 76.8 Å². The van der Waals surface area contributed by atoms with Crippen molar-refractivity contribution in [3.8, 4) is 0 Å². The summed E-state index contributed by atoms with van der Waals surface area (Å²) in [5.74, 6) is 0.474. The Hall–Kier alpha value is 0.0500. The molecule has 0 rings (SSSR count). The highest BCUT2D eigenvalue weighted by Crippen LogP contribution is 2.08. The first-order valence-electron chi connectivity index (χ1n) is 3.50. The minimum absolute atomic E-state index is 0.0388. The van der Waals surface area contributed by atoms with Gasteiger partial charge in [0.2, 0.25) is 0 Å². The first-order chi connectivity index (χ1) is 5.31. The molecule has 11 heavy (non-hydrogen) atoms. The molecule has 1 radical (unpaired) electrons. The fraction of sp³-hybridized carbons (Fsp3) is 0.857. The third-order valence-electron chi connectivity index (χ3n) is 1.24. The van der Waals surface area contributed by atoms with Crippen LogP contribution < -0.4 is 0 Å². The summed E-state index contributed by atoms with van der Waals surface area (Å²) >= 11 is 11.2. The Balaban J connectivity index is 2.95. The fourth-order valence-corrected chi connectivity index (χ4v) is 0.967. The zero-order valence-corrected chi connectivity index (χ0v) is 7.70. The molecule has 0 spiro atoms. The molecule has 1 unspecified atom stereocenters. The minimum Gasteiger partial charge on any atom is -0.457 e. The van der Waals surface area contributed by atoms with Gasteiger partial charge in [-0.15, -0.1) is 23.2 Å². The normalized spacial score (nSPS) is 12.5. The lowest BCUT2D eigenvalue weighted by atomic mass is 10.2. The third kappa shape index (κ3) is 7.95. The van der Waals surface area contributed by atoms with Gasteiger partial charge >= 0.3 is 6.47 Å². The average Bonchev–Trinajstić information content (AvgIpc) is 2.04. The van der Waals surface area contributed by atoms with Crippen LogP contribution in [0.3, 0.4) is 0 Å². The van der Waals surface area contributed by atoms with E-state index < -0.39 is 0 Å². The summed E-state index contributed by atoms with van der Waals surface area (Å²) in [5, 5.41) is 0.0388. The number of unbranched alkanes of at least 4 members (excludes halogenated alkanes) is 1. The predicted molar refractivity (Wildman–Crippen MR) is 45.9 cm³/mol. The van der Waals surface area contributed by atoms with Crippen LogP contribution in [0.25, 0.3) is 0 Å². The van der Waals surface area contributed by atoms with Crippen LogP contribution in [0.4, 0.5) is 0 Å². The second-order valence-electron chi connectivity index (χ2n) is 2.18. The van der Waals surface area contributed by atoms with Crippen molar-refractivity contribution >= 4 is 29.7 Å². The standard InChI is InChI=1S/C7H11Cl2O2/c8-5-7(9)3-1-2-4-11-6-10/h7H,1-5H2. The average molecular weight is 198 g/mol. The number of rotatable bonds is 7. The van der Waals surface area contributed by atoms with Gasteiger partial charge in [-0.3, -0.25) is 0 Å².